The maximum Gasteiger partial charge on any atom is 0.0991 e. The molecule has 1 nitrogen and oxygen atoms in total. The van der Waals surface area contributed by atoms with E-state index in [0.717, 1.165) is 36.8 Å². The Morgan fingerprint density at radius 3 is 2.44 bits per heavy atom. The molecule has 0 saturated carbocycles. The highest BCUT2D eigenvalue weighted by molar-refractivity contribution is 5.75. The quantitative estimate of drug-likeness (QED) is 0.331. The fourth-order valence-electron chi connectivity index (χ4n) is 3.48. The molecular weight excluding hydrogens is 302 g/mol. The summed E-state index contributed by atoms with van der Waals surface area (Å²) in [6, 6.07) is 9.90. The van der Waals surface area contributed by atoms with Gasteiger partial charge in [0.2, 0.25) is 0 Å². The summed E-state index contributed by atoms with van der Waals surface area (Å²) in [7, 11) is 0. The normalized spacial score (nSPS) is 13.4. The molecule has 25 heavy (non-hydrogen) atoms. The Hall–Kier alpha value is -2.33. The van der Waals surface area contributed by atoms with Gasteiger partial charge in [-0.3, -0.25) is 0 Å². The van der Waals surface area contributed by atoms with Gasteiger partial charge in [-0.2, -0.15) is 5.26 Å². The van der Waals surface area contributed by atoms with Crippen LogP contribution in [0.5, 0.6) is 0 Å². The van der Waals surface area contributed by atoms with Crippen molar-refractivity contribution in [2.45, 2.75) is 46.5 Å². The average molecular weight is 334 g/mol. The van der Waals surface area contributed by atoms with Crippen molar-refractivity contribution in [3.05, 3.63) is 78.9 Å². The van der Waals surface area contributed by atoms with E-state index < -0.39 is 0 Å². The summed E-state index contributed by atoms with van der Waals surface area (Å²) in [4.78, 5) is 0. The molecule has 132 valence electrons. The van der Waals surface area contributed by atoms with Crippen molar-refractivity contribution in [1.82, 2.24) is 0 Å². The van der Waals surface area contributed by atoms with Crippen molar-refractivity contribution in [1.29, 1.82) is 5.26 Å². The van der Waals surface area contributed by atoms with E-state index in [2.05, 4.69) is 58.2 Å². The van der Waals surface area contributed by atoms with Gasteiger partial charge in [0.1, 0.15) is 0 Å². The first-order valence-electron chi connectivity index (χ1n) is 9.21. The van der Waals surface area contributed by atoms with Gasteiger partial charge >= 0.3 is 0 Å². The Morgan fingerprint density at radius 1 is 1.24 bits per heavy atom. The summed E-state index contributed by atoms with van der Waals surface area (Å²) in [5, 5.41) is 9.13. The van der Waals surface area contributed by atoms with E-state index in [-0.39, 0.29) is 5.41 Å². The first kappa shape index (κ1) is 20.7. The number of benzene rings is 1. The molecule has 0 bridgehead atoms. The molecule has 0 heterocycles. The second kappa shape index (κ2) is 10.5. The smallest absolute Gasteiger partial charge is 0.0991 e. The molecule has 1 rings (SSSR count). The average Bonchev–Trinajstić information content (AvgIpc) is 2.64. The molecule has 1 atom stereocenters. The molecule has 0 aliphatic heterocycles. The van der Waals surface area contributed by atoms with Gasteiger partial charge in [0.15, 0.2) is 0 Å². The van der Waals surface area contributed by atoms with Crippen molar-refractivity contribution < 1.29 is 0 Å². The fourth-order valence-corrected chi connectivity index (χ4v) is 3.48. The van der Waals surface area contributed by atoms with Gasteiger partial charge in [0, 0.05) is 0 Å². The third-order valence-corrected chi connectivity index (χ3v) is 4.93. The van der Waals surface area contributed by atoms with E-state index >= 15 is 0 Å². The molecule has 0 amide bonds. The summed E-state index contributed by atoms with van der Waals surface area (Å²) in [6.45, 7) is 14.7. The van der Waals surface area contributed by atoms with E-state index in [0.29, 0.717) is 11.5 Å². The van der Waals surface area contributed by atoms with Gasteiger partial charge in [-0.1, -0.05) is 82.7 Å². The maximum absolute atomic E-state index is 9.13. The zero-order valence-corrected chi connectivity index (χ0v) is 16.0. The molecule has 0 fully saturated rings. The minimum absolute atomic E-state index is 0.147. The van der Waals surface area contributed by atoms with Crippen LogP contribution in [0.4, 0.5) is 0 Å². The molecule has 1 heteroatoms. The lowest BCUT2D eigenvalue weighted by Gasteiger charge is -2.35. The predicted molar refractivity (Wildman–Crippen MR) is 110 cm³/mol. The highest BCUT2D eigenvalue weighted by Gasteiger charge is 2.29. The van der Waals surface area contributed by atoms with Crippen LogP contribution in [0.1, 0.15) is 57.6 Å². The van der Waals surface area contributed by atoms with Crippen molar-refractivity contribution in [3.8, 4) is 6.07 Å². The van der Waals surface area contributed by atoms with E-state index in [1.807, 2.05) is 30.3 Å². The standard InChI is InChI=1S/C24H31N/c1-6-11-22(23-13-10-12-21(18-23)19-25)15-14-20(5)24(9-4,16-7-2)17-8-3/h6,9-15,18,20H,1,4,7-8,16-17H2,2-3,5H3/b15-14-,22-11+. The van der Waals surface area contributed by atoms with E-state index in [4.69, 9.17) is 5.26 Å². The Kier molecular flexibility index (Phi) is 8.71. The summed E-state index contributed by atoms with van der Waals surface area (Å²) >= 11 is 0. The monoisotopic (exact) mass is 333 g/mol. The number of allylic oxidation sites excluding steroid dienone is 6. The molecule has 1 aromatic rings. The van der Waals surface area contributed by atoms with Crippen LogP contribution < -0.4 is 0 Å². The summed E-state index contributed by atoms with van der Waals surface area (Å²) in [5.74, 6) is 0.400. The second-order valence-corrected chi connectivity index (χ2v) is 6.64. The first-order chi connectivity index (χ1) is 12.1. The predicted octanol–water partition coefficient (Wildman–Crippen LogP) is 7.09. The SMILES string of the molecule is C=C/C=C(\C=C/C(C)C(C=C)(CCC)CCC)c1cccc(C#N)c1. The van der Waals surface area contributed by atoms with E-state index in [9.17, 15) is 0 Å². The van der Waals surface area contributed by atoms with Crippen LogP contribution in [0.2, 0.25) is 0 Å². The molecule has 1 aromatic carbocycles. The van der Waals surface area contributed by atoms with Crippen LogP contribution in [0, 0.1) is 22.7 Å². The third-order valence-electron chi connectivity index (χ3n) is 4.93. The third kappa shape index (κ3) is 5.61. The van der Waals surface area contributed by atoms with Crippen molar-refractivity contribution in [2.75, 3.05) is 0 Å². The summed E-state index contributed by atoms with van der Waals surface area (Å²) in [6.07, 6.45) is 15.0. The Bertz CT molecular complexity index is 664. The molecule has 0 radical (unpaired) electrons. The maximum atomic E-state index is 9.13. The number of nitriles is 1. The summed E-state index contributed by atoms with van der Waals surface area (Å²) < 4.78 is 0. The van der Waals surface area contributed by atoms with Gasteiger partial charge in [0.25, 0.3) is 0 Å². The molecule has 1 unspecified atom stereocenters. The van der Waals surface area contributed by atoms with Crippen molar-refractivity contribution in [2.24, 2.45) is 11.3 Å². The van der Waals surface area contributed by atoms with Gasteiger partial charge in [-0.05, 0) is 47.4 Å². The minimum atomic E-state index is 0.147. The van der Waals surface area contributed by atoms with Crippen LogP contribution >= 0.6 is 0 Å². The van der Waals surface area contributed by atoms with E-state index in [1.165, 1.54) is 0 Å². The van der Waals surface area contributed by atoms with Gasteiger partial charge < -0.3 is 0 Å². The van der Waals surface area contributed by atoms with Gasteiger partial charge in [-0.25, -0.2) is 0 Å². The first-order valence-corrected chi connectivity index (χ1v) is 9.21. The molecule has 0 aromatic heterocycles. The molecule has 0 N–H and O–H groups in total. The molecular formula is C24H31N. The Morgan fingerprint density at radius 2 is 1.92 bits per heavy atom. The lowest BCUT2D eigenvalue weighted by atomic mass is 9.70. The Labute approximate surface area is 154 Å². The molecule has 0 aliphatic carbocycles. The zero-order chi connectivity index (χ0) is 18.7. The number of rotatable bonds is 10. The van der Waals surface area contributed by atoms with Crippen LogP contribution in [0.15, 0.2) is 67.8 Å². The van der Waals surface area contributed by atoms with E-state index in [1.54, 1.807) is 6.08 Å². The number of nitrogens with zero attached hydrogens (tertiary/aromatic N) is 1. The topological polar surface area (TPSA) is 23.8 Å². The van der Waals surface area contributed by atoms with Crippen LogP contribution in [-0.2, 0) is 0 Å². The minimum Gasteiger partial charge on any atom is -0.192 e. The van der Waals surface area contributed by atoms with Crippen molar-refractivity contribution in [3.63, 3.8) is 0 Å². The molecule has 0 aliphatic rings. The van der Waals surface area contributed by atoms with Gasteiger partial charge in [-0.15, -0.1) is 6.58 Å². The lowest BCUT2D eigenvalue weighted by molar-refractivity contribution is 0.244. The highest BCUT2D eigenvalue weighted by atomic mass is 14.3. The van der Waals surface area contributed by atoms with Crippen molar-refractivity contribution >= 4 is 5.57 Å². The van der Waals surface area contributed by atoms with Crippen LogP contribution in [0.3, 0.4) is 0 Å². The largest absolute Gasteiger partial charge is 0.192 e. The highest BCUT2D eigenvalue weighted by Crippen LogP contribution is 2.40. The molecule has 0 spiro atoms. The fraction of sp³-hybridized carbons (Fsp3) is 0.375. The number of hydrogen-bond acceptors (Lipinski definition) is 1. The van der Waals surface area contributed by atoms with Crippen LogP contribution in [-0.4, -0.2) is 0 Å². The number of hydrogen-bond donors (Lipinski definition) is 0. The van der Waals surface area contributed by atoms with Gasteiger partial charge in [0.05, 0.1) is 11.6 Å². The lowest BCUT2D eigenvalue weighted by Crippen LogP contribution is -2.25. The van der Waals surface area contributed by atoms with Crippen LogP contribution in [0.25, 0.3) is 5.57 Å². The summed E-state index contributed by atoms with van der Waals surface area (Å²) in [5.41, 5.74) is 2.93. The zero-order valence-electron chi connectivity index (χ0n) is 16.0. The molecule has 0 saturated heterocycles. The second-order valence-electron chi connectivity index (χ2n) is 6.64. The Balaban J connectivity index is 3.15.